The maximum Gasteiger partial charge on any atom is 0.371 e. The highest BCUT2D eigenvalue weighted by molar-refractivity contribution is 8.03. The molecule has 15 heavy (non-hydrogen) atoms. The van der Waals surface area contributed by atoms with Gasteiger partial charge in [0.25, 0.3) is 0 Å². The topological polar surface area (TPSA) is 20.2 Å². The van der Waals surface area contributed by atoms with Crippen LogP contribution < -0.4 is 5.30 Å². The van der Waals surface area contributed by atoms with E-state index in [4.69, 9.17) is 12.7 Å². The van der Waals surface area contributed by atoms with Gasteiger partial charge in [-0.2, -0.15) is 0 Å². The van der Waals surface area contributed by atoms with Crippen molar-refractivity contribution in [2.45, 2.75) is 24.9 Å². The van der Waals surface area contributed by atoms with Gasteiger partial charge in [0.15, 0.2) is 0 Å². The van der Waals surface area contributed by atoms with Crippen LogP contribution in [0.25, 0.3) is 0 Å². The number of hydrogen-bond donors (Lipinski definition) is 1. The number of rotatable bonds is 3. The van der Waals surface area contributed by atoms with Crippen LogP contribution in [0, 0.1) is 0 Å². The summed E-state index contributed by atoms with van der Waals surface area (Å²) in [5.74, 6) is 0. The minimum Gasteiger partial charge on any atom is -0.396 e. The highest BCUT2D eigenvalue weighted by Crippen LogP contribution is 2.64. The molecule has 3 heteroatoms. The molecule has 0 spiro atoms. The van der Waals surface area contributed by atoms with Gasteiger partial charge < -0.3 is 5.11 Å². The third-order valence-corrected chi connectivity index (χ3v) is 7.55. The van der Waals surface area contributed by atoms with Crippen molar-refractivity contribution >= 4 is 20.0 Å². The smallest absolute Gasteiger partial charge is 0.371 e. The zero-order valence-corrected chi connectivity index (χ0v) is 9.87. The Labute approximate surface area is 93.6 Å². The summed E-state index contributed by atoms with van der Waals surface area (Å²) in [6.07, 6.45) is 4.45. The van der Waals surface area contributed by atoms with Crippen LogP contribution in [-0.2, 0) is 0 Å². The summed E-state index contributed by atoms with van der Waals surface area (Å²) in [6, 6.07) is 10.5. The summed E-state index contributed by atoms with van der Waals surface area (Å²) in [4.78, 5) is 0. The van der Waals surface area contributed by atoms with Gasteiger partial charge in [0.05, 0.1) is 11.0 Å². The summed E-state index contributed by atoms with van der Waals surface area (Å²) in [6.45, 7) is 0.274. The molecule has 0 amide bonds. The zero-order valence-electron chi connectivity index (χ0n) is 8.97. The summed E-state index contributed by atoms with van der Waals surface area (Å²) in [7, 11) is 5.15. The van der Waals surface area contributed by atoms with Crippen molar-refractivity contribution in [3.63, 3.8) is 0 Å². The lowest BCUT2D eigenvalue weighted by atomic mass is 10.2. The van der Waals surface area contributed by atoms with Crippen LogP contribution in [0.3, 0.4) is 0 Å². The predicted molar refractivity (Wildman–Crippen MR) is 68.3 cm³/mol. The monoisotopic (exact) mass is 219 g/mol. The van der Waals surface area contributed by atoms with E-state index >= 15 is 0 Å². The summed E-state index contributed by atoms with van der Waals surface area (Å²) >= 11 is 0. The van der Waals surface area contributed by atoms with Gasteiger partial charge in [-0.05, 0) is 32.1 Å². The second kappa shape index (κ2) is 4.68. The number of aliphatic hydroxyl groups excluding tert-OH is 1. The highest BCUT2D eigenvalue weighted by Gasteiger charge is 2.46. The number of hydrogen-bond acceptors (Lipinski definition) is 1. The average molecular weight is 219 g/mol. The SMILES string of the molecule is [B][P+]1(c2ccccc2)CCC[C@H]1CCO. The van der Waals surface area contributed by atoms with E-state index in [1.54, 1.807) is 0 Å². The lowest BCUT2D eigenvalue weighted by molar-refractivity contribution is 0.285. The van der Waals surface area contributed by atoms with E-state index in [1.807, 2.05) is 6.07 Å². The minimum absolute atomic E-state index is 0.274. The second-order valence-corrected chi connectivity index (χ2v) is 7.85. The van der Waals surface area contributed by atoms with Crippen LogP contribution in [0.1, 0.15) is 19.3 Å². The molecule has 1 aliphatic heterocycles. The first-order valence-electron chi connectivity index (χ1n) is 5.60. The Morgan fingerprint density at radius 3 is 2.73 bits per heavy atom. The Morgan fingerprint density at radius 1 is 1.33 bits per heavy atom. The Morgan fingerprint density at radius 2 is 2.07 bits per heavy atom. The van der Waals surface area contributed by atoms with Gasteiger partial charge in [0, 0.05) is 19.2 Å². The molecule has 1 fully saturated rings. The third kappa shape index (κ3) is 2.12. The molecule has 1 aliphatic rings. The predicted octanol–water partition coefficient (Wildman–Crippen LogP) is 1.96. The molecule has 1 saturated heterocycles. The van der Waals surface area contributed by atoms with Gasteiger partial charge in [-0.15, -0.1) is 0 Å². The lowest BCUT2D eigenvalue weighted by Gasteiger charge is -2.25. The zero-order chi connectivity index (χ0) is 10.7. The average Bonchev–Trinajstić information content (AvgIpc) is 2.64. The first-order valence-corrected chi connectivity index (χ1v) is 7.71. The first-order chi connectivity index (χ1) is 7.27. The van der Waals surface area contributed by atoms with Crippen LogP contribution in [0.4, 0.5) is 0 Å². The van der Waals surface area contributed by atoms with Crippen molar-refractivity contribution in [3.8, 4) is 0 Å². The van der Waals surface area contributed by atoms with Crippen molar-refractivity contribution < 1.29 is 5.11 Å². The van der Waals surface area contributed by atoms with Crippen LogP contribution in [-0.4, -0.2) is 31.1 Å². The van der Waals surface area contributed by atoms with Crippen LogP contribution >= 0.6 is 7.14 Å². The molecule has 0 bridgehead atoms. The normalized spacial score (nSPS) is 30.6. The molecule has 0 aromatic heterocycles. The Hall–Kier alpha value is -0.325. The van der Waals surface area contributed by atoms with Gasteiger partial charge in [0.2, 0.25) is 0 Å². The van der Waals surface area contributed by atoms with Crippen LogP contribution in [0.2, 0.25) is 0 Å². The summed E-state index contributed by atoms with van der Waals surface area (Å²) in [5, 5.41) is 10.4. The van der Waals surface area contributed by atoms with Gasteiger partial charge in [-0.25, -0.2) is 0 Å². The van der Waals surface area contributed by atoms with Gasteiger partial charge in [-0.1, -0.05) is 18.2 Å². The quantitative estimate of drug-likeness (QED) is 0.608. The molecule has 2 atom stereocenters. The first kappa shape index (κ1) is 11.2. The van der Waals surface area contributed by atoms with Crippen molar-refractivity contribution in [2.75, 3.05) is 12.8 Å². The molecule has 0 saturated carbocycles. The molecule has 0 aliphatic carbocycles. The third-order valence-electron chi connectivity index (χ3n) is 3.42. The fraction of sp³-hybridized carbons (Fsp3) is 0.500. The van der Waals surface area contributed by atoms with Crippen molar-refractivity contribution in [2.24, 2.45) is 0 Å². The molecule has 2 rings (SSSR count). The van der Waals surface area contributed by atoms with E-state index in [1.165, 1.54) is 18.1 Å². The summed E-state index contributed by atoms with van der Waals surface area (Å²) in [5.41, 5.74) is 0.546. The molecule has 1 N–H and O–H groups in total. The maximum atomic E-state index is 9.07. The molecule has 78 valence electrons. The molecule has 1 nitrogen and oxygen atoms in total. The van der Waals surface area contributed by atoms with E-state index in [9.17, 15) is 0 Å². The Bertz CT molecular complexity index is 317. The molecule has 1 unspecified atom stereocenters. The van der Waals surface area contributed by atoms with Crippen LogP contribution in [0.15, 0.2) is 30.3 Å². The van der Waals surface area contributed by atoms with Gasteiger partial charge in [-0.3, -0.25) is 0 Å². The minimum atomic E-state index is -1.46. The Kier molecular flexibility index (Phi) is 3.48. The fourth-order valence-electron chi connectivity index (χ4n) is 2.57. The van der Waals surface area contributed by atoms with E-state index in [0.29, 0.717) is 5.66 Å². The fourth-order valence-corrected chi connectivity index (χ4v) is 6.27. The lowest BCUT2D eigenvalue weighted by Crippen LogP contribution is -2.21. The number of benzene rings is 1. The van der Waals surface area contributed by atoms with E-state index < -0.39 is 7.14 Å². The highest BCUT2D eigenvalue weighted by atomic mass is 31.2. The molecule has 1 aromatic rings. The largest absolute Gasteiger partial charge is 0.396 e. The summed E-state index contributed by atoms with van der Waals surface area (Å²) < 4.78 is 0. The van der Waals surface area contributed by atoms with Crippen LogP contribution in [0.5, 0.6) is 0 Å². The molecular weight excluding hydrogens is 202 g/mol. The van der Waals surface area contributed by atoms with E-state index in [-0.39, 0.29) is 6.61 Å². The van der Waals surface area contributed by atoms with E-state index in [2.05, 4.69) is 24.3 Å². The standard InChI is InChI=1S/C12H17BOP/c13-15(11-5-2-1-3-6-11)10-4-7-12(15)8-9-14/h1-3,5-6,12,14H,4,7-10H2/q+1/t12-,15?/m0/s1. The molecular formula is C12H17BOP+. The second-order valence-electron chi connectivity index (χ2n) is 4.30. The number of aliphatic hydroxyl groups is 1. The molecule has 1 heterocycles. The van der Waals surface area contributed by atoms with Gasteiger partial charge >= 0.3 is 7.57 Å². The van der Waals surface area contributed by atoms with Crippen molar-refractivity contribution in [1.29, 1.82) is 0 Å². The van der Waals surface area contributed by atoms with E-state index in [0.717, 1.165) is 12.6 Å². The van der Waals surface area contributed by atoms with Crippen molar-refractivity contribution in [3.05, 3.63) is 30.3 Å². The maximum absolute atomic E-state index is 9.07. The van der Waals surface area contributed by atoms with Gasteiger partial charge in [0.1, 0.15) is 0 Å². The van der Waals surface area contributed by atoms with Crippen molar-refractivity contribution in [1.82, 2.24) is 0 Å². The molecule has 1 aromatic carbocycles. The Balaban J connectivity index is 2.25. The molecule has 2 radical (unpaired) electrons.